The molecule has 2 aliphatic rings. The molecule has 3 heterocycles. The fraction of sp³-hybridized carbons (Fsp3) is 0.500. The summed E-state index contributed by atoms with van der Waals surface area (Å²) in [5, 5.41) is 14.4. The summed E-state index contributed by atoms with van der Waals surface area (Å²) in [6, 6.07) is 5.25. The van der Waals surface area contributed by atoms with Crippen molar-refractivity contribution in [3.05, 3.63) is 29.4 Å². The largest absolute Gasteiger partial charge is 0.493 e. The molecule has 0 saturated carbocycles. The normalized spacial score (nSPS) is 22.5. The van der Waals surface area contributed by atoms with E-state index >= 15 is 0 Å². The summed E-state index contributed by atoms with van der Waals surface area (Å²) < 4.78 is 33.4. The van der Waals surface area contributed by atoms with Crippen LogP contribution in [0.1, 0.15) is 19.3 Å². The molecule has 2 fully saturated rings. The molecule has 2 aromatic rings. The molecule has 0 spiro atoms. The number of pyridine rings is 1. The van der Waals surface area contributed by atoms with Crippen LogP contribution in [0.5, 0.6) is 5.88 Å². The minimum Gasteiger partial charge on any atom is -0.493 e. The van der Waals surface area contributed by atoms with E-state index in [4.69, 9.17) is 16.3 Å². The monoisotopic (exact) mass is 411 g/mol. The zero-order chi connectivity index (χ0) is 19.0. The van der Waals surface area contributed by atoms with Gasteiger partial charge in [0.2, 0.25) is 15.9 Å². The summed E-state index contributed by atoms with van der Waals surface area (Å²) in [7, 11) is -3.73. The maximum Gasteiger partial charge on any atom is 0.243 e. The number of sulfonamides is 1. The summed E-state index contributed by atoms with van der Waals surface area (Å²) >= 11 is 6.22. The lowest BCUT2D eigenvalue weighted by molar-refractivity contribution is 0.0753. The highest BCUT2D eigenvalue weighted by molar-refractivity contribution is 7.89. The Kier molecular flexibility index (Phi) is 5.26. The summed E-state index contributed by atoms with van der Waals surface area (Å²) in [6.45, 7) is 2.37. The van der Waals surface area contributed by atoms with E-state index in [1.807, 2.05) is 0 Å². The molecule has 7 nitrogen and oxygen atoms in total. The number of aromatic nitrogens is 1. The van der Waals surface area contributed by atoms with E-state index < -0.39 is 10.0 Å². The first-order valence-electron chi connectivity index (χ1n) is 9.07. The Bertz CT molecular complexity index is 947. The van der Waals surface area contributed by atoms with E-state index in [2.05, 4.69) is 10.3 Å². The summed E-state index contributed by atoms with van der Waals surface area (Å²) in [4.78, 5) is 3.91. The van der Waals surface area contributed by atoms with Crippen LogP contribution in [-0.4, -0.2) is 61.2 Å². The van der Waals surface area contributed by atoms with Gasteiger partial charge in [-0.05, 0) is 31.4 Å². The number of nitrogens with zero attached hydrogens (tertiary/aromatic N) is 2. The lowest BCUT2D eigenvalue weighted by Crippen LogP contribution is -2.43. The Labute approximate surface area is 163 Å². The SMILES string of the molecule is O=S(=O)(c1cccc2c(O)ncc(Cl)c12)N1CC[C@@H](NC2CCOCC2)C1. The summed E-state index contributed by atoms with van der Waals surface area (Å²) in [6.07, 6.45) is 3.95. The standard InChI is InChI=1S/C18H22ClN3O4S/c19-15-10-20-18(23)14-2-1-3-16(17(14)15)27(24,25)22-7-4-13(11-22)21-12-5-8-26-9-6-12/h1-3,10,12-13,21H,4-9,11H2,(H,20,23)/t13-/m1/s1. The molecule has 1 aromatic carbocycles. The first-order valence-corrected chi connectivity index (χ1v) is 10.9. The lowest BCUT2D eigenvalue weighted by atomic mass is 10.1. The molecule has 2 N–H and O–H groups in total. The molecule has 2 aliphatic heterocycles. The minimum atomic E-state index is -3.73. The second-order valence-corrected chi connectivity index (χ2v) is 9.32. The maximum absolute atomic E-state index is 13.3. The molecule has 0 aliphatic carbocycles. The van der Waals surface area contributed by atoms with Crippen molar-refractivity contribution in [3.8, 4) is 5.88 Å². The van der Waals surface area contributed by atoms with Gasteiger partial charge in [0.05, 0.1) is 16.1 Å². The Balaban J connectivity index is 1.59. The minimum absolute atomic E-state index is 0.106. The van der Waals surface area contributed by atoms with Gasteiger partial charge in [-0.1, -0.05) is 17.7 Å². The molecule has 9 heteroatoms. The number of fused-ring (bicyclic) bond motifs is 1. The summed E-state index contributed by atoms with van der Waals surface area (Å²) in [5.74, 6) is -0.230. The lowest BCUT2D eigenvalue weighted by Gasteiger charge is -2.26. The van der Waals surface area contributed by atoms with Gasteiger partial charge in [-0.2, -0.15) is 4.31 Å². The van der Waals surface area contributed by atoms with Crippen LogP contribution in [-0.2, 0) is 14.8 Å². The molecular weight excluding hydrogens is 390 g/mol. The molecule has 0 amide bonds. The van der Waals surface area contributed by atoms with Crippen molar-refractivity contribution in [1.29, 1.82) is 0 Å². The summed E-state index contributed by atoms with van der Waals surface area (Å²) in [5.41, 5.74) is 0. The molecule has 0 unspecified atom stereocenters. The molecule has 4 rings (SSSR count). The maximum atomic E-state index is 13.3. The smallest absolute Gasteiger partial charge is 0.243 e. The number of aromatic hydroxyl groups is 1. The van der Waals surface area contributed by atoms with Gasteiger partial charge in [-0.15, -0.1) is 0 Å². The molecule has 1 aromatic heterocycles. The van der Waals surface area contributed by atoms with Gasteiger partial charge in [0, 0.05) is 49.2 Å². The van der Waals surface area contributed by atoms with E-state index in [0.29, 0.717) is 29.9 Å². The zero-order valence-corrected chi connectivity index (χ0v) is 16.3. The van der Waals surface area contributed by atoms with E-state index in [9.17, 15) is 13.5 Å². The Morgan fingerprint density at radius 2 is 2.00 bits per heavy atom. The van der Waals surface area contributed by atoms with Gasteiger partial charge in [-0.25, -0.2) is 13.4 Å². The average Bonchev–Trinajstić information content (AvgIpc) is 3.14. The number of halogens is 1. The third kappa shape index (κ3) is 3.64. The third-order valence-corrected chi connectivity index (χ3v) is 7.46. The highest BCUT2D eigenvalue weighted by Gasteiger charge is 2.35. The molecule has 146 valence electrons. The number of hydrogen-bond acceptors (Lipinski definition) is 6. The van der Waals surface area contributed by atoms with E-state index in [1.54, 1.807) is 12.1 Å². The van der Waals surface area contributed by atoms with Crippen LogP contribution in [0, 0.1) is 0 Å². The van der Waals surface area contributed by atoms with Gasteiger partial charge >= 0.3 is 0 Å². The van der Waals surface area contributed by atoms with Crippen LogP contribution in [0.15, 0.2) is 29.3 Å². The molecule has 0 radical (unpaired) electrons. The zero-order valence-electron chi connectivity index (χ0n) is 14.8. The highest BCUT2D eigenvalue weighted by atomic mass is 35.5. The van der Waals surface area contributed by atoms with Crippen molar-refractivity contribution in [2.75, 3.05) is 26.3 Å². The predicted molar refractivity (Wildman–Crippen MR) is 103 cm³/mol. The van der Waals surface area contributed by atoms with Crippen molar-refractivity contribution in [2.45, 2.75) is 36.2 Å². The van der Waals surface area contributed by atoms with Gasteiger partial charge in [0.1, 0.15) is 0 Å². The van der Waals surface area contributed by atoms with E-state index in [0.717, 1.165) is 32.5 Å². The third-order valence-electron chi connectivity index (χ3n) is 5.27. The van der Waals surface area contributed by atoms with E-state index in [1.165, 1.54) is 16.6 Å². The topological polar surface area (TPSA) is 91.8 Å². The Morgan fingerprint density at radius 1 is 1.22 bits per heavy atom. The molecule has 2 saturated heterocycles. The first-order chi connectivity index (χ1) is 13.0. The van der Waals surface area contributed by atoms with Crippen LogP contribution >= 0.6 is 11.6 Å². The van der Waals surface area contributed by atoms with Crippen molar-refractivity contribution in [2.24, 2.45) is 0 Å². The van der Waals surface area contributed by atoms with Crippen molar-refractivity contribution < 1.29 is 18.3 Å². The number of rotatable bonds is 4. The van der Waals surface area contributed by atoms with Crippen LogP contribution < -0.4 is 5.32 Å². The number of benzene rings is 1. The second kappa shape index (κ2) is 7.52. The fourth-order valence-corrected chi connectivity index (χ4v) is 5.89. The second-order valence-electron chi connectivity index (χ2n) is 7.01. The van der Waals surface area contributed by atoms with Crippen molar-refractivity contribution >= 4 is 32.4 Å². The van der Waals surface area contributed by atoms with E-state index in [-0.39, 0.29) is 21.8 Å². The van der Waals surface area contributed by atoms with Crippen LogP contribution in [0.3, 0.4) is 0 Å². The van der Waals surface area contributed by atoms with Crippen molar-refractivity contribution in [1.82, 2.24) is 14.6 Å². The molecule has 27 heavy (non-hydrogen) atoms. The quantitative estimate of drug-likeness (QED) is 0.800. The van der Waals surface area contributed by atoms with Crippen LogP contribution in [0.25, 0.3) is 10.8 Å². The van der Waals surface area contributed by atoms with Crippen LogP contribution in [0.4, 0.5) is 0 Å². The van der Waals surface area contributed by atoms with Gasteiger partial charge in [0.15, 0.2) is 0 Å². The van der Waals surface area contributed by atoms with Gasteiger partial charge < -0.3 is 15.2 Å². The number of ether oxygens (including phenoxy) is 1. The molecular formula is C18H22ClN3O4S. The fourth-order valence-electron chi connectivity index (χ4n) is 3.85. The average molecular weight is 412 g/mol. The van der Waals surface area contributed by atoms with Crippen LogP contribution in [0.2, 0.25) is 5.02 Å². The van der Waals surface area contributed by atoms with Crippen molar-refractivity contribution in [3.63, 3.8) is 0 Å². The predicted octanol–water partition coefficient (Wildman–Crippen LogP) is 2.13. The first kappa shape index (κ1) is 18.9. The number of nitrogens with one attached hydrogen (secondary N) is 1. The number of hydrogen-bond donors (Lipinski definition) is 2. The highest BCUT2D eigenvalue weighted by Crippen LogP contribution is 2.35. The molecule has 0 bridgehead atoms. The Hall–Kier alpha value is -1.45. The Morgan fingerprint density at radius 3 is 2.78 bits per heavy atom. The molecule has 1 atom stereocenters. The van der Waals surface area contributed by atoms with Gasteiger partial charge in [0.25, 0.3) is 0 Å². The van der Waals surface area contributed by atoms with Gasteiger partial charge in [-0.3, -0.25) is 0 Å².